The second-order valence-corrected chi connectivity index (χ2v) is 28.1. The Bertz CT molecular complexity index is 3610. The predicted molar refractivity (Wildman–Crippen MR) is 306 cm³/mol. The number of hydrogen-bond acceptors (Lipinski definition) is 3. The van der Waals surface area contributed by atoms with Gasteiger partial charge in [-0.25, -0.2) is 0 Å². The van der Waals surface area contributed by atoms with Gasteiger partial charge in [0, 0.05) is 43.3 Å². The van der Waals surface area contributed by atoms with Crippen molar-refractivity contribution in [1.82, 2.24) is 0 Å². The standard InChI is InChI=1S/C66H75BN2S/c1-60(2,3)42-21-26-56-45(35-42)58-59(70-56)67-52-38-50-51(66(14,15)32-31-65(50,12)13)39-53(52)68(43-22-24-46-48(36-43)63(8,9)29-27-61(46,4)5)54-33-41(40-19-17-16-18-20-40)34-55(57(54)67)69(58)44-23-25-47-49(37-44)64(10,11)30-28-62(47,6)7/h16-26,33-39H,27-32H2,1-15H3/i16D,17D,18D,19D,20D. The summed E-state index contributed by atoms with van der Waals surface area (Å²) in [6, 6.07) is 29.6. The Morgan fingerprint density at radius 1 is 0.486 bits per heavy atom. The van der Waals surface area contributed by atoms with Crippen LogP contribution in [0.15, 0.2) is 109 Å². The molecule has 358 valence electrons. The normalized spacial score (nSPS) is 21.5. The average molecular weight is 944 g/mol. The number of benzene rings is 6. The smallest absolute Gasteiger partial charge is 0.264 e. The lowest BCUT2D eigenvalue weighted by Crippen LogP contribution is -2.61. The molecule has 3 aliphatic carbocycles. The van der Waals surface area contributed by atoms with Gasteiger partial charge in [-0.05, 0) is 192 Å². The van der Waals surface area contributed by atoms with Crippen molar-refractivity contribution in [3.8, 4) is 11.1 Å². The molecule has 0 unspecified atom stereocenters. The molecule has 0 bridgehead atoms. The van der Waals surface area contributed by atoms with E-state index in [1.165, 1.54) is 70.4 Å². The quantitative estimate of drug-likeness (QED) is 0.163. The third-order valence-corrected chi connectivity index (χ3v) is 19.7. The topological polar surface area (TPSA) is 6.48 Å². The van der Waals surface area contributed by atoms with Crippen molar-refractivity contribution >= 4 is 78.0 Å². The van der Waals surface area contributed by atoms with E-state index in [4.69, 9.17) is 4.11 Å². The Morgan fingerprint density at radius 3 is 1.49 bits per heavy atom. The summed E-state index contributed by atoms with van der Waals surface area (Å²) in [6.45, 7) is 35.6. The molecule has 2 aliphatic heterocycles. The van der Waals surface area contributed by atoms with E-state index >= 15 is 0 Å². The fraction of sp³-hybridized carbons (Fsp3) is 0.424. The van der Waals surface area contributed by atoms with Crippen LogP contribution < -0.4 is 25.5 Å². The van der Waals surface area contributed by atoms with Gasteiger partial charge in [-0.2, -0.15) is 0 Å². The van der Waals surface area contributed by atoms with Crippen LogP contribution >= 0.6 is 11.3 Å². The van der Waals surface area contributed by atoms with Crippen molar-refractivity contribution in [1.29, 1.82) is 0 Å². The van der Waals surface area contributed by atoms with Gasteiger partial charge in [0.1, 0.15) is 0 Å². The first-order valence-electron chi connectivity index (χ1n) is 28.8. The average Bonchev–Trinajstić information content (AvgIpc) is 3.79. The molecule has 70 heavy (non-hydrogen) atoms. The lowest BCUT2D eigenvalue weighted by Gasteiger charge is -2.48. The van der Waals surface area contributed by atoms with Gasteiger partial charge in [0.15, 0.2) is 0 Å². The van der Waals surface area contributed by atoms with E-state index in [2.05, 4.69) is 193 Å². The Morgan fingerprint density at radius 2 is 0.957 bits per heavy atom. The number of anilines is 6. The molecule has 5 aliphatic rings. The largest absolute Gasteiger partial charge is 0.311 e. The van der Waals surface area contributed by atoms with Crippen LogP contribution in [-0.2, 0) is 37.9 Å². The third kappa shape index (κ3) is 6.77. The molecular weight excluding hydrogens is 864 g/mol. The molecule has 6 aromatic carbocycles. The highest BCUT2D eigenvalue weighted by atomic mass is 32.1. The van der Waals surface area contributed by atoms with Crippen molar-refractivity contribution in [2.75, 3.05) is 9.80 Å². The number of thiophene rings is 1. The van der Waals surface area contributed by atoms with Crippen LogP contribution in [0.4, 0.5) is 34.1 Å². The van der Waals surface area contributed by atoms with Crippen LogP contribution in [0.1, 0.15) is 188 Å². The van der Waals surface area contributed by atoms with Crippen LogP contribution in [0.25, 0.3) is 21.2 Å². The minimum atomic E-state index is -0.385. The minimum Gasteiger partial charge on any atom is -0.311 e. The molecular formula is C66H75BN2S. The maximum Gasteiger partial charge on any atom is 0.264 e. The van der Waals surface area contributed by atoms with E-state index in [0.717, 1.165) is 67.0 Å². The molecule has 12 rings (SSSR count). The van der Waals surface area contributed by atoms with Crippen LogP contribution in [0.3, 0.4) is 0 Å². The molecule has 0 N–H and O–H groups in total. The minimum absolute atomic E-state index is 0.0165. The molecule has 0 fully saturated rings. The van der Waals surface area contributed by atoms with Crippen molar-refractivity contribution < 1.29 is 6.85 Å². The summed E-state index contributed by atoms with van der Waals surface area (Å²) in [5.41, 5.74) is 19.0. The van der Waals surface area contributed by atoms with E-state index in [0.29, 0.717) is 5.56 Å². The van der Waals surface area contributed by atoms with Gasteiger partial charge < -0.3 is 9.80 Å². The van der Waals surface area contributed by atoms with Crippen LogP contribution in [0.5, 0.6) is 0 Å². The van der Waals surface area contributed by atoms with Gasteiger partial charge in [-0.1, -0.05) is 158 Å². The van der Waals surface area contributed by atoms with Crippen molar-refractivity contribution in [3.05, 3.63) is 148 Å². The van der Waals surface area contributed by atoms with Gasteiger partial charge in [-0.15, -0.1) is 11.3 Å². The van der Waals surface area contributed by atoms with E-state index < -0.39 is 0 Å². The number of fused-ring (bicyclic) bond motifs is 9. The van der Waals surface area contributed by atoms with Crippen molar-refractivity contribution in [2.24, 2.45) is 0 Å². The van der Waals surface area contributed by atoms with Gasteiger partial charge in [0.05, 0.1) is 12.5 Å². The predicted octanol–water partition coefficient (Wildman–Crippen LogP) is 17.0. The lowest BCUT2D eigenvalue weighted by molar-refractivity contribution is 0.332. The Hall–Kier alpha value is -5.06. The van der Waals surface area contributed by atoms with Crippen LogP contribution in [0, 0.1) is 0 Å². The third-order valence-electron chi connectivity index (χ3n) is 18.5. The molecule has 3 heterocycles. The van der Waals surface area contributed by atoms with E-state index in [-0.39, 0.29) is 80.4 Å². The molecule has 2 nitrogen and oxygen atoms in total. The summed E-state index contributed by atoms with van der Waals surface area (Å²) in [5.74, 6) is 0. The Kier molecular flexibility index (Phi) is 8.56. The summed E-state index contributed by atoms with van der Waals surface area (Å²) < 4.78 is 48.5. The first-order chi connectivity index (χ1) is 34.8. The van der Waals surface area contributed by atoms with Crippen LogP contribution in [0.2, 0.25) is 0 Å². The van der Waals surface area contributed by atoms with E-state index in [1.807, 2.05) is 11.3 Å². The number of hydrogen-bond donors (Lipinski definition) is 0. The zero-order valence-electron chi connectivity index (χ0n) is 49.6. The second-order valence-electron chi connectivity index (χ2n) is 27.0. The number of nitrogens with zero attached hydrogens (tertiary/aromatic N) is 2. The first kappa shape index (κ1) is 40.5. The molecule has 7 aromatic rings. The maximum atomic E-state index is 9.58. The van der Waals surface area contributed by atoms with Crippen molar-refractivity contribution in [2.45, 2.75) is 180 Å². The molecule has 0 amide bonds. The van der Waals surface area contributed by atoms with E-state index in [1.54, 1.807) is 0 Å². The monoisotopic (exact) mass is 944 g/mol. The number of rotatable bonds is 3. The molecule has 1 aromatic heterocycles. The van der Waals surface area contributed by atoms with Crippen LogP contribution in [-0.4, -0.2) is 6.71 Å². The maximum absolute atomic E-state index is 9.58. The second kappa shape index (κ2) is 14.8. The highest BCUT2D eigenvalue weighted by molar-refractivity contribution is 7.33. The molecule has 0 saturated heterocycles. The highest BCUT2D eigenvalue weighted by Crippen LogP contribution is 2.55. The first-order valence-corrected chi connectivity index (χ1v) is 27.1. The zero-order valence-corrected chi connectivity index (χ0v) is 45.4. The summed E-state index contributed by atoms with van der Waals surface area (Å²) >= 11 is 1.92. The molecule has 0 atom stereocenters. The van der Waals surface area contributed by atoms with Gasteiger partial charge in [0.2, 0.25) is 0 Å². The summed E-state index contributed by atoms with van der Waals surface area (Å²) in [7, 11) is 0. The zero-order chi connectivity index (χ0) is 53.8. The Labute approximate surface area is 432 Å². The van der Waals surface area contributed by atoms with Gasteiger partial charge >= 0.3 is 0 Å². The van der Waals surface area contributed by atoms with E-state index in [9.17, 15) is 2.74 Å². The lowest BCUT2D eigenvalue weighted by atomic mass is 9.35. The summed E-state index contributed by atoms with van der Waals surface area (Å²) in [5, 5.41) is 1.21. The summed E-state index contributed by atoms with van der Waals surface area (Å²) in [4.78, 5) is 5.05. The summed E-state index contributed by atoms with van der Waals surface area (Å²) in [6.07, 6.45) is 6.58. The SMILES string of the molecule is [2H]c1c([2H])c([2H])c(-c2cc3c4c(c2)N(c2ccc5c(c2)C(C)(C)CCC5(C)C)c2c(sc5ccc(C(C)(C)C)cc25)B4c2cc4c(cc2N3c2ccc3c(c2)C(C)(C)CCC3(C)C)C(C)(C)CCC4(C)C)c([2H])c1[2H]. The molecule has 0 radical (unpaired) electrons. The highest BCUT2D eigenvalue weighted by Gasteiger charge is 2.49. The van der Waals surface area contributed by atoms with Gasteiger partial charge in [-0.3, -0.25) is 0 Å². The fourth-order valence-corrected chi connectivity index (χ4v) is 14.8. The van der Waals surface area contributed by atoms with Gasteiger partial charge in [0.25, 0.3) is 6.71 Å². The fourth-order valence-electron chi connectivity index (χ4n) is 13.5. The van der Waals surface area contributed by atoms with Crippen molar-refractivity contribution in [3.63, 3.8) is 0 Å². The molecule has 0 saturated carbocycles. The molecule has 4 heteroatoms. The Balaban J connectivity index is 1.28. The molecule has 0 spiro atoms.